The molecule has 0 saturated carbocycles. The lowest BCUT2D eigenvalue weighted by atomic mass is 10.0. The Morgan fingerprint density at radius 2 is 1.98 bits per heavy atom. The number of aromatic amines is 1. The number of benzene rings is 2. The van der Waals surface area contributed by atoms with Crippen LogP contribution in [0.25, 0.3) is 10.9 Å². The molecule has 0 saturated heterocycles. The molecule has 0 spiro atoms. The molecule has 1 aromatic heterocycles. The fourth-order valence-electron chi connectivity index (χ4n) is 4.06. The van der Waals surface area contributed by atoms with E-state index in [1.807, 2.05) is 36.4 Å². The quantitative estimate of drug-likeness (QED) is 0.356. The average molecular weight is 536 g/mol. The van der Waals surface area contributed by atoms with Gasteiger partial charge in [0.05, 0.1) is 11.7 Å². The monoisotopic (exact) mass is 535 g/mol. The molecule has 10 heteroatoms. The van der Waals surface area contributed by atoms with E-state index in [2.05, 4.69) is 38.0 Å². The Kier molecular flexibility index (Phi) is 7.21. The average Bonchev–Trinajstić information content (AvgIpc) is 3.23. The number of hydrogen-bond donors (Lipinski definition) is 4. The number of amidine groups is 2. The summed E-state index contributed by atoms with van der Waals surface area (Å²) in [6, 6.07) is 11.9. The zero-order valence-corrected chi connectivity index (χ0v) is 22.6. The van der Waals surface area contributed by atoms with E-state index < -0.39 is 23.8 Å². The SMILES string of the molecule is C[C@@H](NC(=O)OC(C)(C)C)C(=O)Nc1cccc(C2=NC3C#CC=CC=C3C(Nc3ccc4[nH]ncc4c3)=N2)c1. The largest absolute Gasteiger partial charge is 0.444 e. The van der Waals surface area contributed by atoms with E-state index in [1.54, 1.807) is 58.2 Å². The lowest BCUT2D eigenvalue weighted by molar-refractivity contribution is -0.117. The summed E-state index contributed by atoms with van der Waals surface area (Å²) in [5.41, 5.74) is 3.21. The summed E-state index contributed by atoms with van der Waals surface area (Å²) >= 11 is 0. The number of nitrogens with one attached hydrogen (secondary N) is 4. The van der Waals surface area contributed by atoms with Gasteiger partial charge in [0.2, 0.25) is 5.91 Å². The van der Waals surface area contributed by atoms with Crippen LogP contribution in [0.3, 0.4) is 0 Å². The molecule has 0 bridgehead atoms. The molecule has 1 aliphatic carbocycles. The van der Waals surface area contributed by atoms with Gasteiger partial charge in [0.15, 0.2) is 5.84 Å². The third kappa shape index (κ3) is 6.27. The highest BCUT2D eigenvalue weighted by Crippen LogP contribution is 2.24. The molecular formula is C30H29N7O3. The standard InChI is InChI=1S/C30H29N7O3/c1-18(32-29(39)40-30(2,3)4)28(38)34-21-10-8-9-19(15-21)26-35-25-12-7-5-6-11-23(25)27(36-26)33-22-13-14-24-20(16-22)17-31-37-24/h5-6,8-11,13-18,25H,1-4H3,(H,31,37)(H,32,39)(H,34,38)(H,33,35,36)/t18-,25?/m1/s1. The molecule has 1 aliphatic heterocycles. The Labute approximate surface area is 231 Å². The summed E-state index contributed by atoms with van der Waals surface area (Å²) < 4.78 is 5.24. The topological polar surface area (TPSA) is 133 Å². The van der Waals surface area contributed by atoms with Gasteiger partial charge in [0, 0.05) is 27.9 Å². The number of H-pyrrole nitrogens is 1. The number of hydrogen-bond acceptors (Lipinski definition) is 7. The van der Waals surface area contributed by atoms with Crippen molar-refractivity contribution in [1.29, 1.82) is 0 Å². The Hall–Kier alpha value is -5.17. The first-order valence-corrected chi connectivity index (χ1v) is 12.8. The molecule has 2 aromatic carbocycles. The van der Waals surface area contributed by atoms with Gasteiger partial charge in [-0.2, -0.15) is 5.10 Å². The van der Waals surface area contributed by atoms with Crippen molar-refractivity contribution < 1.29 is 14.3 Å². The third-order valence-electron chi connectivity index (χ3n) is 5.93. The molecule has 10 nitrogen and oxygen atoms in total. The van der Waals surface area contributed by atoms with E-state index in [1.165, 1.54) is 0 Å². The first-order valence-electron chi connectivity index (χ1n) is 12.8. The summed E-state index contributed by atoms with van der Waals surface area (Å²) in [5.74, 6) is 6.90. The molecule has 40 heavy (non-hydrogen) atoms. The normalized spacial score (nSPS) is 16.7. The fraction of sp³-hybridized carbons (Fsp3) is 0.233. The molecule has 3 aromatic rings. The van der Waals surface area contributed by atoms with Crippen molar-refractivity contribution in [1.82, 2.24) is 15.5 Å². The van der Waals surface area contributed by atoms with E-state index in [-0.39, 0.29) is 5.91 Å². The van der Waals surface area contributed by atoms with Crippen LogP contribution in [0.15, 0.2) is 82.4 Å². The van der Waals surface area contributed by atoms with E-state index in [9.17, 15) is 9.59 Å². The zero-order chi connectivity index (χ0) is 28.3. The first-order chi connectivity index (χ1) is 19.1. The number of anilines is 2. The second kappa shape index (κ2) is 10.9. The van der Waals surface area contributed by atoms with Gasteiger partial charge in [0.25, 0.3) is 0 Å². The number of ether oxygens (including phenoxy) is 1. The summed E-state index contributed by atoms with van der Waals surface area (Å²) in [6.45, 7) is 6.86. The van der Waals surface area contributed by atoms with Crippen LogP contribution in [0.2, 0.25) is 0 Å². The number of carbonyl (C=O) groups excluding carboxylic acids is 2. The number of aliphatic imine (C=N–C) groups is 2. The van der Waals surface area contributed by atoms with Crippen LogP contribution < -0.4 is 16.0 Å². The number of carbonyl (C=O) groups is 2. The number of rotatable bonds is 5. The van der Waals surface area contributed by atoms with Crippen LogP contribution in [0, 0.1) is 11.8 Å². The van der Waals surface area contributed by atoms with Gasteiger partial charge in [0.1, 0.15) is 23.5 Å². The van der Waals surface area contributed by atoms with E-state index in [4.69, 9.17) is 14.7 Å². The smallest absolute Gasteiger partial charge is 0.408 e. The summed E-state index contributed by atoms with van der Waals surface area (Å²) in [5, 5.41) is 16.8. The van der Waals surface area contributed by atoms with Crippen molar-refractivity contribution >= 4 is 45.9 Å². The predicted molar refractivity (Wildman–Crippen MR) is 156 cm³/mol. The zero-order valence-electron chi connectivity index (χ0n) is 22.6. The molecule has 2 amide bonds. The Morgan fingerprint density at radius 3 is 2.80 bits per heavy atom. The number of aromatic nitrogens is 2. The molecule has 1 unspecified atom stereocenters. The minimum absolute atomic E-state index is 0.389. The van der Waals surface area contributed by atoms with E-state index in [0.29, 0.717) is 22.9 Å². The highest BCUT2D eigenvalue weighted by molar-refractivity contribution is 6.19. The molecule has 0 radical (unpaired) electrons. The van der Waals surface area contributed by atoms with Crippen LogP contribution in [0.4, 0.5) is 16.2 Å². The van der Waals surface area contributed by atoms with Crippen LogP contribution in [0.5, 0.6) is 0 Å². The van der Waals surface area contributed by atoms with Crippen LogP contribution in [-0.4, -0.2) is 51.6 Å². The Morgan fingerprint density at radius 1 is 1.12 bits per heavy atom. The molecule has 202 valence electrons. The molecule has 2 aliphatic rings. The first kappa shape index (κ1) is 26.4. The van der Waals surface area contributed by atoms with Crippen LogP contribution >= 0.6 is 0 Å². The van der Waals surface area contributed by atoms with E-state index in [0.717, 1.165) is 22.2 Å². The number of nitrogens with zero attached hydrogens (tertiary/aromatic N) is 3. The number of fused-ring (bicyclic) bond motifs is 2. The molecular weight excluding hydrogens is 506 g/mol. The highest BCUT2D eigenvalue weighted by Gasteiger charge is 2.25. The van der Waals surface area contributed by atoms with Crippen molar-refractivity contribution in [3.05, 3.63) is 78.0 Å². The van der Waals surface area contributed by atoms with Crippen LogP contribution in [-0.2, 0) is 9.53 Å². The van der Waals surface area contributed by atoms with Gasteiger partial charge in [-0.3, -0.25) is 9.89 Å². The number of allylic oxidation sites excluding steroid dienone is 3. The van der Waals surface area contributed by atoms with Gasteiger partial charge in [-0.05, 0) is 64.1 Å². The van der Waals surface area contributed by atoms with Gasteiger partial charge >= 0.3 is 6.09 Å². The maximum Gasteiger partial charge on any atom is 0.408 e. The van der Waals surface area contributed by atoms with Crippen LogP contribution in [0.1, 0.15) is 33.3 Å². The maximum atomic E-state index is 12.8. The van der Waals surface area contributed by atoms with Crippen molar-refractivity contribution in [3.8, 4) is 11.8 Å². The number of alkyl carbamates (subject to hydrolysis) is 1. The van der Waals surface area contributed by atoms with Crippen molar-refractivity contribution in [2.75, 3.05) is 10.6 Å². The Balaban J connectivity index is 1.37. The van der Waals surface area contributed by atoms with Gasteiger partial charge < -0.3 is 20.7 Å². The maximum absolute atomic E-state index is 12.8. The summed E-state index contributed by atoms with van der Waals surface area (Å²) in [7, 11) is 0. The minimum atomic E-state index is -0.812. The fourth-order valence-corrected chi connectivity index (χ4v) is 4.06. The number of amides is 2. The predicted octanol–water partition coefficient (Wildman–Crippen LogP) is 4.55. The second-order valence-electron chi connectivity index (χ2n) is 10.3. The summed E-state index contributed by atoms with van der Waals surface area (Å²) in [4.78, 5) is 34.5. The lowest BCUT2D eigenvalue weighted by Crippen LogP contribution is -2.44. The molecule has 2 heterocycles. The molecule has 5 rings (SSSR count). The lowest BCUT2D eigenvalue weighted by Gasteiger charge is -2.22. The molecule has 4 N–H and O–H groups in total. The molecule has 0 fully saturated rings. The third-order valence-corrected chi connectivity index (χ3v) is 5.93. The van der Waals surface area contributed by atoms with Gasteiger partial charge in [-0.15, -0.1) is 0 Å². The van der Waals surface area contributed by atoms with Gasteiger partial charge in [-0.1, -0.05) is 36.1 Å². The Bertz CT molecular complexity index is 1660. The van der Waals surface area contributed by atoms with Crippen molar-refractivity contribution in [2.45, 2.75) is 45.4 Å². The molecule has 2 atom stereocenters. The highest BCUT2D eigenvalue weighted by atomic mass is 16.6. The van der Waals surface area contributed by atoms with Crippen molar-refractivity contribution in [3.63, 3.8) is 0 Å². The van der Waals surface area contributed by atoms with Gasteiger partial charge in [-0.25, -0.2) is 14.8 Å². The van der Waals surface area contributed by atoms with Crippen molar-refractivity contribution in [2.24, 2.45) is 9.98 Å². The minimum Gasteiger partial charge on any atom is -0.444 e. The summed E-state index contributed by atoms with van der Waals surface area (Å²) in [6.07, 6.45) is 6.70. The van der Waals surface area contributed by atoms with E-state index >= 15 is 0 Å². The second-order valence-corrected chi connectivity index (χ2v) is 10.3.